The molecule has 0 radical (unpaired) electrons. The topological polar surface area (TPSA) is 67.2 Å². The van der Waals surface area contributed by atoms with Crippen molar-refractivity contribution >= 4 is 28.7 Å². The number of anilines is 1. The van der Waals surface area contributed by atoms with Crippen LogP contribution in [-0.4, -0.2) is 10.0 Å². The second-order valence-electron chi connectivity index (χ2n) is 5.55. The van der Waals surface area contributed by atoms with Crippen LogP contribution < -0.4 is 10.6 Å². The number of nitro groups is 1. The normalized spacial score (nSPS) is 16.3. The van der Waals surface area contributed by atoms with E-state index in [2.05, 4.69) is 28.8 Å². The van der Waals surface area contributed by atoms with Gasteiger partial charge < -0.3 is 10.6 Å². The van der Waals surface area contributed by atoms with Crippen LogP contribution in [0.4, 0.5) is 11.4 Å². The van der Waals surface area contributed by atoms with E-state index < -0.39 is 4.92 Å². The number of thiocarbonyl (C=S) groups is 1. The Bertz CT molecular complexity index is 731. The van der Waals surface area contributed by atoms with Crippen LogP contribution in [0.1, 0.15) is 30.0 Å². The number of nitro benzene ring substituents is 1. The van der Waals surface area contributed by atoms with E-state index in [4.69, 9.17) is 12.2 Å². The summed E-state index contributed by atoms with van der Waals surface area (Å²) in [4.78, 5) is 10.2. The van der Waals surface area contributed by atoms with E-state index in [0.29, 0.717) is 5.11 Å². The van der Waals surface area contributed by atoms with E-state index >= 15 is 0 Å². The van der Waals surface area contributed by atoms with Gasteiger partial charge >= 0.3 is 0 Å². The van der Waals surface area contributed by atoms with E-state index in [0.717, 1.165) is 24.9 Å². The molecule has 0 saturated heterocycles. The number of nitrogens with one attached hydrogen (secondary N) is 2. The van der Waals surface area contributed by atoms with E-state index in [1.165, 1.54) is 23.3 Å². The van der Waals surface area contributed by atoms with Crippen molar-refractivity contribution in [3.63, 3.8) is 0 Å². The van der Waals surface area contributed by atoms with Gasteiger partial charge in [0.15, 0.2) is 5.11 Å². The quantitative estimate of drug-likeness (QED) is 0.507. The summed E-state index contributed by atoms with van der Waals surface area (Å²) in [7, 11) is 0. The first-order chi connectivity index (χ1) is 11.1. The van der Waals surface area contributed by atoms with Gasteiger partial charge in [0.05, 0.1) is 11.0 Å². The van der Waals surface area contributed by atoms with Gasteiger partial charge in [0.2, 0.25) is 0 Å². The SMILES string of the molecule is O=[N+]([O-])c1ccc(NC(=S)N[C@H]2CCCc3ccccc32)cc1. The molecule has 0 heterocycles. The van der Waals surface area contributed by atoms with Crippen LogP contribution >= 0.6 is 12.2 Å². The first kappa shape index (κ1) is 15.4. The molecule has 0 spiro atoms. The summed E-state index contributed by atoms with van der Waals surface area (Å²) in [5, 5.41) is 17.6. The zero-order valence-corrected chi connectivity index (χ0v) is 13.3. The average Bonchev–Trinajstić information content (AvgIpc) is 2.55. The molecule has 2 aromatic carbocycles. The van der Waals surface area contributed by atoms with Gasteiger partial charge in [0.1, 0.15) is 0 Å². The lowest BCUT2D eigenvalue weighted by molar-refractivity contribution is -0.384. The minimum atomic E-state index is -0.417. The van der Waals surface area contributed by atoms with Crippen molar-refractivity contribution in [2.24, 2.45) is 0 Å². The number of rotatable bonds is 3. The van der Waals surface area contributed by atoms with Crippen LogP contribution in [0.5, 0.6) is 0 Å². The highest BCUT2D eigenvalue weighted by Gasteiger charge is 2.20. The second kappa shape index (κ2) is 6.75. The van der Waals surface area contributed by atoms with Crippen LogP contribution in [0, 0.1) is 10.1 Å². The predicted octanol–water partition coefficient (Wildman–Crippen LogP) is 3.96. The molecule has 0 amide bonds. The lowest BCUT2D eigenvalue weighted by Gasteiger charge is -2.27. The molecule has 118 valence electrons. The Morgan fingerprint density at radius 1 is 1.17 bits per heavy atom. The number of fused-ring (bicyclic) bond motifs is 1. The van der Waals surface area contributed by atoms with Gasteiger partial charge in [-0.3, -0.25) is 10.1 Å². The molecule has 0 saturated carbocycles. The molecule has 5 nitrogen and oxygen atoms in total. The lowest BCUT2D eigenvalue weighted by atomic mass is 9.88. The number of hydrogen-bond donors (Lipinski definition) is 2. The fourth-order valence-electron chi connectivity index (χ4n) is 2.90. The average molecular weight is 327 g/mol. The van der Waals surface area contributed by atoms with Crippen molar-refractivity contribution in [2.45, 2.75) is 25.3 Å². The van der Waals surface area contributed by atoms with Crippen molar-refractivity contribution in [1.29, 1.82) is 0 Å². The van der Waals surface area contributed by atoms with Crippen molar-refractivity contribution in [3.8, 4) is 0 Å². The smallest absolute Gasteiger partial charge is 0.269 e. The predicted molar refractivity (Wildman–Crippen MR) is 94.6 cm³/mol. The molecule has 0 aliphatic heterocycles. The molecule has 2 aromatic rings. The van der Waals surface area contributed by atoms with Crippen molar-refractivity contribution < 1.29 is 4.92 Å². The van der Waals surface area contributed by atoms with E-state index in [1.807, 2.05) is 6.07 Å². The maximum Gasteiger partial charge on any atom is 0.269 e. The third kappa shape index (κ3) is 3.65. The summed E-state index contributed by atoms with van der Waals surface area (Å²) >= 11 is 5.37. The van der Waals surface area contributed by atoms with Crippen LogP contribution in [0.15, 0.2) is 48.5 Å². The standard InChI is InChI=1S/C17H17N3O2S/c21-20(22)14-10-8-13(9-11-14)18-17(23)19-16-7-3-5-12-4-1-2-6-15(12)16/h1-2,4,6,8-11,16H,3,5,7H2,(H2,18,19,23)/t16-/m0/s1. The van der Waals surface area contributed by atoms with Gasteiger partial charge in [-0.05, 0) is 54.7 Å². The number of hydrogen-bond acceptors (Lipinski definition) is 3. The molecule has 1 aliphatic carbocycles. The Hall–Kier alpha value is -2.47. The number of benzene rings is 2. The summed E-state index contributed by atoms with van der Waals surface area (Å²) in [6, 6.07) is 14.8. The summed E-state index contributed by atoms with van der Waals surface area (Å²) in [6.45, 7) is 0. The maximum absolute atomic E-state index is 10.7. The molecular weight excluding hydrogens is 310 g/mol. The second-order valence-corrected chi connectivity index (χ2v) is 5.95. The molecule has 1 aliphatic rings. The molecule has 0 unspecified atom stereocenters. The first-order valence-electron chi connectivity index (χ1n) is 7.53. The highest BCUT2D eigenvalue weighted by atomic mass is 32.1. The Kier molecular flexibility index (Phi) is 4.52. The van der Waals surface area contributed by atoms with Crippen molar-refractivity contribution in [2.75, 3.05) is 5.32 Å². The highest BCUT2D eigenvalue weighted by Crippen LogP contribution is 2.29. The Labute approximate surface area is 139 Å². The molecule has 3 rings (SSSR count). The molecule has 23 heavy (non-hydrogen) atoms. The monoisotopic (exact) mass is 327 g/mol. The minimum absolute atomic E-state index is 0.0654. The van der Waals surface area contributed by atoms with Crippen LogP contribution in [0.25, 0.3) is 0 Å². The Morgan fingerprint density at radius 2 is 1.91 bits per heavy atom. The van der Waals surface area contributed by atoms with E-state index in [1.54, 1.807) is 12.1 Å². The molecule has 1 atom stereocenters. The highest BCUT2D eigenvalue weighted by molar-refractivity contribution is 7.80. The fourth-order valence-corrected chi connectivity index (χ4v) is 3.16. The summed E-state index contributed by atoms with van der Waals surface area (Å²) < 4.78 is 0. The van der Waals surface area contributed by atoms with Gasteiger partial charge in [-0.15, -0.1) is 0 Å². The Balaban J connectivity index is 1.65. The molecular formula is C17H17N3O2S. The number of nitrogens with zero attached hydrogens (tertiary/aromatic N) is 1. The summed E-state index contributed by atoms with van der Waals surface area (Å²) in [6.07, 6.45) is 3.28. The van der Waals surface area contributed by atoms with Gasteiger partial charge in [-0.1, -0.05) is 24.3 Å². The van der Waals surface area contributed by atoms with Crippen LogP contribution in [0.2, 0.25) is 0 Å². The summed E-state index contributed by atoms with van der Waals surface area (Å²) in [5.74, 6) is 0. The summed E-state index contributed by atoms with van der Waals surface area (Å²) in [5.41, 5.74) is 3.47. The largest absolute Gasteiger partial charge is 0.356 e. The van der Waals surface area contributed by atoms with Gasteiger partial charge in [-0.25, -0.2) is 0 Å². The lowest BCUT2D eigenvalue weighted by Crippen LogP contribution is -2.34. The number of non-ortho nitro benzene ring substituents is 1. The third-order valence-electron chi connectivity index (χ3n) is 4.01. The minimum Gasteiger partial charge on any atom is -0.356 e. The van der Waals surface area contributed by atoms with E-state index in [-0.39, 0.29) is 11.7 Å². The van der Waals surface area contributed by atoms with Gasteiger partial charge in [0.25, 0.3) is 5.69 Å². The maximum atomic E-state index is 10.7. The molecule has 2 N–H and O–H groups in total. The van der Waals surface area contributed by atoms with Crippen molar-refractivity contribution in [1.82, 2.24) is 5.32 Å². The van der Waals surface area contributed by atoms with Crippen LogP contribution in [-0.2, 0) is 6.42 Å². The fraction of sp³-hybridized carbons (Fsp3) is 0.235. The van der Waals surface area contributed by atoms with Gasteiger partial charge in [-0.2, -0.15) is 0 Å². The zero-order valence-electron chi connectivity index (χ0n) is 12.5. The molecule has 6 heteroatoms. The molecule has 0 fully saturated rings. The van der Waals surface area contributed by atoms with Crippen molar-refractivity contribution in [3.05, 3.63) is 69.8 Å². The first-order valence-corrected chi connectivity index (χ1v) is 7.94. The Morgan fingerprint density at radius 3 is 2.65 bits per heavy atom. The molecule has 0 aromatic heterocycles. The number of aryl methyl sites for hydroxylation is 1. The zero-order chi connectivity index (χ0) is 16.2. The van der Waals surface area contributed by atoms with E-state index in [9.17, 15) is 10.1 Å². The third-order valence-corrected chi connectivity index (χ3v) is 4.23. The van der Waals surface area contributed by atoms with Gasteiger partial charge in [0, 0.05) is 17.8 Å². The van der Waals surface area contributed by atoms with Crippen LogP contribution in [0.3, 0.4) is 0 Å². The molecule has 0 bridgehead atoms.